The zero-order valence-electron chi connectivity index (χ0n) is 14.8. The van der Waals surface area contributed by atoms with Crippen LogP contribution in [-0.2, 0) is 0 Å². The molecule has 0 radical (unpaired) electrons. The summed E-state index contributed by atoms with van der Waals surface area (Å²) in [7, 11) is 1.56. The molecule has 6 nitrogen and oxygen atoms in total. The van der Waals surface area contributed by atoms with Gasteiger partial charge in [0.15, 0.2) is 10.9 Å². The van der Waals surface area contributed by atoms with Crippen LogP contribution in [-0.4, -0.2) is 23.2 Å². The Morgan fingerprint density at radius 1 is 1.38 bits per heavy atom. The highest BCUT2D eigenvalue weighted by molar-refractivity contribution is 7.14. The van der Waals surface area contributed by atoms with Gasteiger partial charge in [-0.1, -0.05) is 30.6 Å². The van der Waals surface area contributed by atoms with Crippen LogP contribution in [0.25, 0.3) is 11.3 Å². The maximum atomic E-state index is 12.6. The van der Waals surface area contributed by atoms with Crippen LogP contribution in [0.4, 0.5) is 5.13 Å². The minimum atomic E-state index is -0.277. The van der Waals surface area contributed by atoms with Crippen LogP contribution < -0.4 is 10.1 Å². The van der Waals surface area contributed by atoms with Gasteiger partial charge in [0, 0.05) is 16.9 Å². The Hall–Kier alpha value is -2.38. The van der Waals surface area contributed by atoms with Crippen molar-refractivity contribution >= 4 is 34.0 Å². The first kappa shape index (κ1) is 18.4. The highest BCUT2D eigenvalue weighted by atomic mass is 35.5. The van der Waals surface area contributed by atoms with Crippen LogP contribution >= 0.6 is 22.9 Å². The Bertz CT molecular complexity index is 949. The Balaban J connectivity index is 1.82. The van der Waals surface area contributed by atoms with Crippen molar-refractivity contribution in [3.8, 4) is 17.0 Å². The number of halogens is 1. The number of hydrogen-bond acceptors (Lipinski definition) is 6. The molecule has 0 fully saturated rings. The molecule has 0 saturated heterocycles. The summed E-state index contributed by atoms with van der Waals surface area (Å²) in [5.74, 6) is 0.952. The van der Waals surface area contributed by atoms with Crippen molar-refractivity contribution in [2.75, 3.05) is 12.4 Å². The fourth-order valence-electron chi connectivity index (χ4n) is 2.51. The lowest BCUT2D eigenvalue weighted by Crippen LogP contribution is -2.14. The third-order valence-electron chi connectivity index (χ3n) is 3.81. The summed E-state index contributed by atoms with van der Waals surface area (Å²) in [6, 6.07) is 5.43. The lowest BCUT2D eigenvalue weighted by atomic mass is 10.0. The van der Waals surface area contributed by atoms with Crippen LogP contribution in [0.3, 0.4) is 0 Å². The molecule has 0 aliphatic rings. The number of rotatable bonds is 5. The molecule has 1 amide bonds. The minimum absolute atomic E-state index is 0.0604. The number of methoxy groups -OCH3 is 1. The van der Waals surface area contributed by atoms with E-state index in [0.717, 1.165) is 11.3 Å². The third kappa shape index (κ3) is 3.59. The van der Waals surface area contributed by atoms with E-state index in [2.05, 4.69) is 15.5 Å². The number of aryl methyl sites for hydroxylation is 1. The van der Waals surface area contributed by atoms with Crippen LogP contribution in [0.1, 0.15) is 41.6 Å². The smallest absolute Gasteiger partial charge is 0.262 e. The molecule has 26 heavy (non-hydrogen) atoms. The van der Waals surface area contributed by atoms with Gasteiger partial charge < -0.3 is 9.26 Å². The first-order valence-electron chi connectivity index (χ1n) is 7.97. The van der Waals surface area contributed by atoms with Crippen LogP contribution in [0, 0.1) is 6.92 Å². The monoisotopic (exact) mass is 391 g/mol. The van der Waals surface area contributed by atoms with E-state index in [1.54, 1.807) is 26.2 Å². The quantitative estimate of drug-likeness (QED) is 0.651. The summed E-state index contributed by atoms with van der Waals surface area (Å²) in [5, 5.41) is 9.57. The van der Waals surface area contributed by atoms with Gasteiger partial charge in [-0.2, -0.15) is 0 Å². The number of hydrogen-bond donors (Lipinski definition) is 1. The third-order valence-corrected chi connectivity index (χ3v) is 4.87. The molecule has 0 saturated carbocycles. The second-order valence-corrected chi connectivity index (χ2v) is 7.27. The van der Waals surface area contributed by atoms with Gasteiger partial charge in [0.2, 0.25) is 0 Å². The number of ether oxygens (including phenoxy) is 1. The van der Waals surface area contributed by atoms with E-state index in [1.807, 2.05) is 25.3 Å². The summed E-state index contributed by atoms with van der Waals surface area (Å²) < 4.78 is 10.4. The van der Waals surface area contributed by atoms with Gasteiger partial charge in [0.25, 0.3) is 5.91 Å². The number of benzene rings is 1. The average Bonchev–Trinajstić information content (AvgIpc) is 3.21. The maximum Gasteiger partial charge on any atom is 0.262 e. The normalized spacial score (nSPS) is 11.0. The number of aromatic nitrogens is 2. The van der Waals surface area contributed by atoms with Crippen LogP contribution in [0.5, 0.6) is 5.75 Å². The number of amides is 1. The first-order valence-corrected chi connectivity index (χ1v) is 9.23. The largest absolute Gasteiger partial charge is 0.495 e. The lowest BCUT2D eigenvalue weighted by Gasteiger charge is -2.05. The van der Waals surface area contributed by atoms with E-state index in [4.69, 9.17) is 20.9 Å². The van der Waals surface area contributed by atoms with Gasteiger partial charge in [-0.15, -0.1) is 11.3 Å². The van der Waals surface area contributed by atoms with Gasteiger partial charge in [0.1, 0.15) is 11.3 Å². The van der Waals surface area contributed by atoms with Crippen molar-refractivity contribution in [1.29, 1.82) is 0 Å². The SMILES string of the molecule is COc1ccc(-c2csc(NC(=O)c3c(C)noc3C(C)C)n2)cc1Cl. The van der Waals surface area contributed by atoms with Crippen molar-refractivity contribution < 1.29 is 14.1 Å². The number of anilines is 1. The van der Waals surface area contributed by atoms with Gasteiger partial charge in [0.05, 0.1) is 23.5 Å². The topological polar surface area (TPSA) is 77.2 Å². The molecule has 2 aromatic heterocycles. The number of nitrogens with zero attached hydrogens (tertiary/aromatic N) is 2. The standard InChI is InChI=1S/C18H18ClN3O3S/c1-9(2)16-15(10(3)22-25-16)17(23)21-18-20-13(8-26-18)11-5-6-14(24-4)12(19)7-11/h5-9H,1-4H3,(H,20,21,23). The summed E-state index contributed by atoms with van der Waals surface area (Å²) in [5.41, 5.74) is 2.59. The van der Waals surface area contributed by atoms with Crippen LogP contribution in [0.15, 0.2) is 28.1 Å². The molecular weight excluding hydrogens is 374 g/mol. The molecule has 136 valence electrons. The molecule has 3 rings (SSSR count). The Labute approximate surface area is 160 Å². The molecule has 0 aliphatic heterocycles. The first-order chi connectivity index (χ1) is 12.4. The molecule has 3 aromatic rings. The molecule has 1 aromatic carbocycles. The second-order valence-electron chi connectivity index (χ2n) is 6.00. The van der Waals surface area contributed by atoms with Crippen molar-refractivity contribution in [3.63, 3.8) is 0 Å². The van der Waals surface area contributed by atoms with E-state index >= 15 is 0 Å². The highest BCUT2D eigenvalue weighted by Gasteiger charge is 2.23. The summed E-state index contributed by atoms with van der Waals surface area (Å²) in [6.45, 7) is 5.65. The van der Waals surface area contributed by atoms with Crippen molar-refractivity contribution in [3.05, 3.63) is 45.6 Å². The zero-order valence-corrected chi connectivity index (χ0v) is 16.4. The van der Waals surface area contributed by atoms with E-state index in [9.17, 15) is 4.79 Å². The van der Waals surface area contributed by atoms with Crippen molar-refractivity contribution in [2.24, 2.45) is 0 Å². The highest BCUT2D eigenvalue weighted by Crippen LogP contribution is 2.32. The summed E-state index contributed by atoms with van der Waals surface area (Å²) in [6.07, 6.45) is 0. The Morgan fingerprint density at radius 3 is 2.81 bits per heavy atom. The molecule has 0 bridgehead atoms. The molecule has 0 aliphatic carbocycles. The molecule has 0 spiro atoms. The van der Waals surface area contributed by atoms with Gasteiger partial charge in [-0.05, 0) is 25.1 Å². The fourth-order valence-corrected chi connectivity index (χ4v) is 3.48. The molecule has 1 N–H and O–H groups in total. The van der Waals surface area contributed by atoms with Gasteiger partial charge in [-0.25, -0.2) is 4.98 Å². The van der Waals surface area contributed by atoms with Gasteiger partial charge in [-0.3, -0.25) is 10.1 Å². The van der Waals surface area contributed by atoms with E-state index in [-0.39, 0.29) is 11.8 Å². The molecule has 0 unspecified atom stereocenters. The van der Waals surface area contributed by atoms with E-state index in [0.29, 0.717) is 32.9 Å². The van der Waals surface area contributed by atoms with Crippen LogP contribution in [0.2, 0.25) is 5.02 Å². The van der Waals surface area contributed by atoms with E-state index < -0.39 is 0 Å². The number of nitrogens with one attached hydrogen (secondary N) is 1. The molecule has 2 heterocycles. The number of thiazole rings is 1. The minimum Gasteiger partial charge on any atom is -0.495 e. The second kappa shape index (κ2) is 7.47. The van der Waals surface area contributed by atoms with Crippen molar-refractivity contribution in [1.82, 2.24) is 10.1 Å². The summed E-state index contributed by atoms with van der Waals surface area (Å²) in [4.78, 5) is 17.1. The Kier molecular flexibility index (Phi) is 5.29. The molecule has 0 atom stereocenters. The molecule has 8 heteroatoms. The zero-order chi connectivity index (χ0) is 18.8. The van der Waals surface area contributed by atoms with Crippen molar-refractivity contribution in [2.45, 2.75) is 26.7 Å². The average molecular weight is 392 g/mol. The Morgan fingerprint density at radius 2 is 2.15 bits per heavy atom. The summed E-state index contributed by atoms with van der Waals surface area (Å²) >= 11 is 7.50. The predicted molar refractivity (Wildman–Crippen MR) is 102 cm³/mol. The van der Waals surface area contributed by atoms with Gasteiger partial charge >= 0.3 is 0 Å². The predicted octanol–water partition coefficient (Wildman–Crippen LogP) is 5.14. The number of carbonyl (C=O) groups excluding carboxylic acids is 1. The van der Waals surface area contributed by atoms with E-state index in [1.165, 1.54) is 11.3 Å². The fraction of sp³-hybridized carbons (Fsp3) is 0.278. The molecular formula is C18H18ClN3O3S. The number of carbonyl (C=O) groups is 1. The maximum absolute atomic E-state index is 12.6. The lowest BCUT2D eigenvalue weighted by molar-refractivity contribution is 0.102.